The van der Waals surface area contributed by atoms with Gasteiger partial charge in [-0.3, -0.25) is 10.0 Å². The van der Waals surface area contributed by atoms with E-state index in [0.717, 1.165) is 24.3 Å². The number of hydrogen-bond donors (Lipinski definition) is 2. The molecule has 0 fully saturated rings. The molecular formula is C18H22N4O2S. The van der Waals surface area contributed by atoms with Crippen LogP contribution in [0.2, 0.25) is 0 Å². The second kappa shape index (κ2) is 9.80. The van der Waals surface area contributed by atoms with Gasteiger partial charge in [-0.15, -0.1) is 16.9 Å². The average Bonchev–Trinajstić information content (AvgIpc) is 3.17. The van der Waals surface area contributed by atoms with Gasteiger partial charge >= 0.3 is 0 Å². The quantitative estimate of drug-likeness (QED) is 0.626. The average molecular weight is 358 g/mol. The molecule has 25 heavy (non-hydrogen) atoms. The van der Waals surface area contributed by atoms with Crippen LogP contribution >= 0.6 is 11.8 Å². The predicted molar refractivity (Wildman–Crippen MR) is 99.7 cm³/mol. The Hall–Kier alpha value is -2.38. The number of amides is 1. The molecule has 0 atom stereocenters. The van der Waals surface area contributed by atoms with E-state index in [9.17, 15) is 4.79 Å². The van der Waals surface area contributed by atoms with Crippen molar-refractivity contribution in [3.8, 4) is 5.69 Å². The van der Waals surface area contributed by atoms with Crippen LogP contribution < -0.4 is 5.48 Å². The molecule has 0 aliphatic heterocycles. The van der Waals surface area contributed by atoms with E-state index < -0.39 is 5.91 Å². The van der Waals surface area contributed by atoms with Gasteiger partial charge in [0.1, 0.15) is 0 Å². The van der Waals surface area contributed by atoms with Crippen molar-refractivity contribution in [3.63, 3.8) is 0 Å². The molecule has 1 aliphatic rings. The van der Waals surface area contributed by atoms with Crippen LogP contribution in [0.1, 0.15) is 42.7 Å². The Bertz CT molecular complexity index is 768. The summed E-state index contributed by atoms with van der Waals surface area (Å²) in [6.07, 6.45) is 10.6. The molecular weight excluding hydrogens is 336 g/mol. The molecule has 132 valence electrons. The van der Waals surface area contributed by atoms with Crippen LogP contribution in [0.4, 0.5) is 0 Å². The van der Waals surface area contributed by atoms with Gasteiger partial charge in [-0.2, -0.15) is 0 Å². The molecule has 0 radical (unpaired) electrons. The molecule has 0 bridgehead atoms. The van der Waals surface area contributed by atoms with E-state index in [1.165, 1.54) is 4.91 Å². The topological polar surface area (TPSA) is 80.0 Å². The summed E-state index contributed by atoms with van der Waals surface area (Å²) in [5.41, 5.74) is 3.56. The van der Waals surface area contributed by atoms with Crippen molar-refractivity contribution in [2.24, 2.45) is 0 Å². The number of thioether (sulfide) groups is 1. The highest BCUT2D eigenvalue weighted by Gasteiger charge is 2.08. The summed E-state index contributed by atoms with van der Waals surface area (Å²) in [4.78, 5) is 12.7. The van der Waals surface area contributed by atoms with E-state index in [2.05, 4.69) is 28.5 Å². The molecule has 1 aromatic carbocycles. The van der Waals surface area contributed by atoms with Crippen LogP contribution in [0.5, 0.6) is 0 Å². The van der Waals surface area contributed by atoms with E-state index in [-0.39, 0.29) is 0 Å². The van der Waals surface area contributed by atoms with E-state index >= 15 is 0 Å². The maximum atomic E-state index is 11.5. The molecule has 1 heterocycles. The van der Waals surface area contributed by atoms with Crippen LogP contribution in [0, 0.1) is 0 Å². The number of aromatic nitrogens is 3. The predicted octanol–water partition coefficient (Wildman–Crippen LogP) is 3.88. The molecule has 0 saturated carbocycles. The van der Waals surface area contributed by atoms with Crippen LogP contribution in [-0.2, 0) is 5.75 Å². The lowest BCUT2D eigenvalue weighted by Crippen LogP contribution is -2.18. The third-order valence-corrected chi connectivity index (χ3v) is 4.44. The first-order chi connectivity index (χ1) is 12.3. The fourth-order valence-corrected chi connectivity index (χ4v) is 3.07. The van der Waals surface area contributed by atoms with E-state index in [4.69, 9.17) is 5.21 Å². The Morgan fingerprint density at radius 3 is 2.92 bits per heavy atom. The maximum Gasteiger partial charge on any atom is 0.274 e. The Balaban J connectivity index is 0.00000109. The number of benzene rings is 1. The van der Waals surface area contributed by atoms with Gasteiger partial charge in [0.2, 0.25) is 0 Å². The first-order valence-corrected chi connectivity index (χ1v) is 9.20. The van der Waals surface area contributed by atoms with E-state index in [1.807, 2.05) is 26.1 Å². The number of allylic oxidation sites excluding steroid dienone is 3. The minimum Gasteiger partial charge on any atom is -0.288 e. The third kappa shape index (κ3) is 5.30. The smallest absolute Gasteiger partial charge is 0.274 e. The zero-order chi connectivity index (χ0) is 18.1. The first kappa shape index (κ1) is 19.0. The normalized spacial score (nSPS) is 12.8. The SMILES string of the molecule is CC.O=C(NO)c1cccc(-n2cc(CSC3=CCCC=C3)nn2)c1. The number of nitrogens with one attached hydrogen (secondary N) is 1. The fraction of sp³-hybridized carbons (Fsp3) is 0.278. The second-order valence-corrected chi connectivity index (χ2v) is 6.07. The van der Waals surface area contributed by atoms with Gasteiger partial charge in [0.05, 0.1) is 17.6 Å². The van der Waals surface area contributed by atoms with Gasteiger partial charge in [0, 0.05) is 16.2 Å². The van der Waals surface area contributed by atoms with Crippen LogP contribution in [0.3, 0.4) is 0 Å². The highest BCUT2D eigenvalue weighted by atomic mass is 32.2. The van der Waals surface area contributed by atoms with Crippen LogP contribution in [0.25, 0.3) is 5.69 Å². The van der Waals surface area contributed by atoms with Gasteiger partial charge in [0.15, 0.2) is 0 Å². The summed E-state index contributed by atoms with van der Waals surface area (Å²) < 4.78 is 1.62. The lowest BCUT2D eigenvalue weighted by Gasteiger charge is -2.04. The fourth-order valence-electron chi connectivity index (χ4n) is 2.20. The molecule has 1 aliphatic carbocycles. The van der Waals surface area contributed by atoms with Crippen LogP contribution in [-0.4, -0.2) is 26.1 Å². The van der Waals surface area contributed by atoms with Gasteiger partial charge in [-0.05, 0) is 31.0 Å². The number of hydrogen-bond acceptors (Lipinski definition) is 5. The summed E-state index contributed by atoms with van der Waals surface area (Å²) >= 11 is 1.73. The van der Waals surface area contributed by atoms with E-state index in [0.29, 0.717) is 11.3 Å². The molecule has 0 unspecified atom stereocenters. The summed E-state index contributed by atoms with van der Waals surface area (Å²) in [5, 5.41) is 17.0. The van der Waals surface area contributed by atoms with Crippen LogP contribution in [0.15, 0.2) is 53.6 Å². The standard InChI is InChI=1S/C16H16N4O2S.C2H6/c21-16(18-22)12-5-4-6-14(9-12)20-10-13(17-19-20)11-23-15-7-2-1-3-8-15;1-2/h2,4-10,22H,1,3,11H2,(H,18,21);1-2H3. The van der Waals surface area contributed by atoms with Crippen molar-refractivity contribution in [3.05, 3.63) is 64.9 Å². The Morgan fingerprint density at radius 1 is 1.36 bits per heavy atom. The van der Waals surface area contributed by atoms with Gasteiger partial charge in [-0.25, -0.2) is 10.2 Å². The maximum absolute atomic E-state index is 11.5. The van der Waals surface area contributed by atoms with Crippen molar-refractivity contribution in [2.45, 2.75) is 32.4 Å². The molecule has 1 aromatic heterocycles. The van der Waals surface area contributed by atoms with Gasteiger partial charge < -0.3 is 0 Å². The van der Waals surface area contributed by atoms with Crippen molar-refractivity contribution >= 4 is 17.7 Å². The number of nitrogens with zero attached hydrogens (tertiary/aromatic N) is 3. The highest BCUT2D eigenvalue weighted by molar-refractivity contribution is 8.02. The lowest BCUT2D eigenvalue weighted by molar-refractivity contribution is 0.0706. The Labute approximate surface area is 151 Å². The number of rotatable bonds is 5. The lowest BCUT2D eigenvalue weighted by atomic mass is 10.2. The Kier molecular flexibility index (Phi) is 7.43. The molecule has 7 heteroatoms. The number of hydroxylamine groups is 1. The number of carbonyl (C=O) groups is 1. The number of carbonyl (C=O) groups excluding carboxylic acids is 1. The van der Waals surface area contributed by atoms with Crippen molar-refractivity contribution < 1.29 is 10.0 Å². The van der Waals surface area contributed by atoms with Gasteiger partial charge in [0.25, 0.3) is 5.91 Å². The minimum absolute atomic E-state index is 0.355. The third-order valence-electron chi connectivity index (χ3n) is 3.36. The molecule has 0 saturated heterocycles. The summed E-state index contributed by atoms with van der Waals surface area (Å²) in [6.45, 7) is 4.00. The van der Waals surface area contributed by atoms with Crippen molar-refractivity contribution in [1.82, 2.24) is 20.5 Å². The summed E-state index contributed by atoms with van der Waals surface area (Å²) in [5.74, 6) is 0.186. The van der Waals surface area contributed by atoms with E-state index in [1.54, 1.807) is 40.1 Å². The minimum atomic E-state index is -0.557. The molecule has 0 spiro atoms. The molecule has 1 amide bonds. The monoisotopic (exact) mass is 358 g/mol. The molecule has 2 N–H and O–H groups in total. The zero-order valence-electron chi connectivity index (χ0n) is 14.3. The molecule has 3 rings (SSSR count). The molecule has 6 nitrogen and oxygen atoms in total. The highest BCUT2D eigenvalue weighted by Crippen LogP contribution is 2.25. The van der Waals surface area contributed by atoms with Crippen molar-refractivity contribution in [2.75, 3.05) is 0 Å². The van der Waals surface area contributed by atoms with Gasteiger partial charge in [-0.1, -0.05) is 43.4 Å². The summed E-state index contributed by atoms with van der Waals surface area (Å²) in [6, 6.07) is 6.81. The van der Waals surface area contributed by atoms with Crippen molar-refractivity contribution in [1.29, 1.82) is 0 Å². The Morgan fingerprint density at radius 2 is 2.20 bits per heavy atom. The zero-order valence-corrected chi connectivity index (χ0v) is 15.2. The largest absolute Gasteiger partial charge is 0.288 e. The molecule has 2 aromatic rings. The first-order valence-electron chi connectivity index (χ1n) is 8.22. The summed E-state index contributed by atoms with van der Waals surface area (Å²) in [7, 11) is 0. The second-order valence-electron chi connectivity index (χ2n) is 5.02.